The van der Waals surface area contributed by atoms with Gasteiger partial charge in [0, 0.05) is 25.7 Å². The van der Waals surface area contributed by atoms with Crippen molar-refractivity contribution in [2.45, 2.75) is 59.2 Å². The number of aromatic nitrogens is 3. The van der Waals surface area contributed by atoms with Crippen LogP contribution < -0.4 is 5.73 Å². The maximum absolute atomic E-state index is 5.72. The maximum atomic E-state index is 5.72. The molecule has 18 heavy (non-hydrogen) atoms. The van der Waals surface area contributed by atoms with Crippen LogP contribution in [0.3, 0.4) is 0 Å². The van der Waals surface area contributed by atoms with E-state index in [1.54, 1.807) is 6.33 Å². The lowest BCUT2D eigenvalue weighted by Crippen LogP contribution is -2.38. The van der Waals surface area contributed by atoms with Gasteiger partial charge in [0.15, 0.2) is 0 Å². The summed E-state index contributed by atoms with van der Waals surface area (Å²) >= 11 is 0. The molecular formula is C13H27N5. The largest absolute Gasteiger partial charge is 0.329 e. The molecule has 0 bridgehead atoms. The number of rotatable bonds is 9. The summed E-state index contributed by atoms with van der Waals surface area (Å²) in [6.45, 7) is 10.0. The molecule has 104 valence electrons. The minimum absolute atomic E-state index is 0.584. The second kappa shape index (κ2) is 8.21. The molecule has 0 atom stereocenters. The van der Waals surface area contributed by atoms with Crippen molar-refractivity contribution in [3.05, 3.63) is 12.2 Å². The van der Waals surface area contributed by atoms with Gasteiger partial charge < -0.3 is 5.73 Å². The van der Waals surface area contributed by atoms with Gasteiger partial charge in [-0.15, -0.1) is 0 Å². The Kier molecular flexibility index (Phi) is 6.90. The third-order valence-corrected chi connectivity index (χ3v) is 3.35. The predicted molar refractivity (Wildman–Crippen MR) is 74.1 cm³/mol. The topological polar surface area (TPSA) is 60.0 Å². The third kappa shape index (κ3) is 4.07. The second-order valence-corrected chi connectivity index (χ2v) is 4.63. The summed E-state index contributed by atoms with van der Waals surface area (Å²) in [5, 5.41) is 4.28. The Morgan fingerprint density at radius 3 is 2.61 bits per heavy atom. The molecule has 0 saturated carbocycles. The highest BCUT2D eigenvalue weighted by Crippen LogP contribution is 2.12. The molecule has 0 amide bonds. The first-order chi connectivity index (χ1) is 8.76. The van der Waals surface area contributed by atoms with Gasteiger partial charge in [0.1, 0.15) is 12.2 Å². The molecule has 0 unspecified atom stereocenters. The van der Waals surface area contributed by atoms with Crippen molar-refractivity contribution >= 4 is 0 Å². The van der Waals surface area contributed by atoms with Gasteiger partial charge in [-0.25, -0.2) is 9.67 Å². The zero-order valence-electron chi connectivity index (χ0n) is 12.0. The number of nitrogens with two attached hydrogens (primary N) is 1. The fourth-order valence-corrected chi connectivity index (χ4v) is 2.35. The maximum Gasteiger partial charge on any atom is 0.141 e. The Hall–Kier alpha value is -0.940. The molecule has 0 aliphatic carbocycles. The first-order valence-corrected chi connectivity index (χ1v) is 7.07. The average molecular weight is 253 g/mol. The lowest BCUT2D eigenvalue weighted by atomic mass is 10.1. The quantitative estimate of drug-likeness (QED) is 0.727. The molecule has 0 aliphatic heterocycles. The van der Waals surface area contributed by atoms with E-state index >= 15 is 0 Å². The summed E-state index contributed by atoms with van der Waals surface area (Å²) in [4.78, 5) is 6.80. The molecule has 0 fully saturated rings. The van der Waals surface area contributed by atoms with Crippen LogP contribution in [0.1, 0.15) is 45.9 Å². The molecule has 0 aliphatic rings. The van der Waals surface area contributed by atoms with Gasteiger partial charge in [-0.3, -0.25) is 4.90 Å². The summed E-state index contributed by atoms with van der Waals surface area (Å²) in [5.74, 6) is 1.05. The van der Waals surface area contributed by atoms with Crippen LogP contribution in [-0.4, -0.2) is 38.8 Å². The molecule has 0 spiro atoms. The standard InChI is InChI=1S/C13H27N5/c1-4-8-18-13(15-11-16-18)10-17(9-7-14)12(5-2)6-3/h11-12H,4-10,14H2,1-3H3. The molecule has 0 radical (unpaired) electrons. The van der Waals surface area contributed by atoms with E-state index in [9.17, 15) is 0 Å². The zero-order chi connectivity index (χ0) is 13.4. The third-order valence-electron chi connectivity index (χ3n) is 3.35. The fourth-order valence-electron chi connectivity index (χ4n) is 2.35. The number of hydrogen-bond donors (Lipinski definition) is 1. The van der Waals surface area contributed by atoms with E-state index in [-0.39, 0.29) is 0 Å². The van der Waals surface area contributed by atoms with Crippen molar-refractivity contribution in [2.75, 3.05) is 13.1 Å². The van der Waals surface area contributed by atoms with E-state index in [1.165, 1.54) is 0 Å². The number of aryl methyl sites for hydroxylation is 1. The van der Waals surface area contributed by atoms with E-state index in [4.69, 9.17) is 5.73 Å². The highest BCUT2D eigenvalue weighted by molar-refractivity contribution is 4.86. The van der Waals surface area contributed by atoms with Gasteiger partial charge in [-0.1, -0.05) is 20.8 Å². The molecule has 1 aromatic heterocycles. The van der Waals surface area contributed by atoms with E-state index in [2.05, 4.69) is 35.8 Å². The van der Waals surface area contributed by atoms with E-state index < -0.39 is 0 Å². The molecule has 1 heterocycles. The van der Waals surface area contributed by atoms with E-state index in [0.29, 0.717) is 12.6 Å². The smallest absolute Gasteiger partial charge is 0.141 e. The first-order valence-electron chi connectivity index (χ1n) is 7.07. The van der Waals surface area contributed by atoms with Gasteiger partial charge >= 0.3 is 0 Å². The predicted octanol–water partition coefficient (Wildman–Crippen LogP) is 1.64. The molecular weight excluding hydrogens is 226 g/mol. The monoisotopic (exact) mass is 253 g/mol. The van der Waals surface area contributed by atoms with E-state index in [1.807, 2.05) is 4.68 Å². The number of hydrogen-bond acceptors (Lipinski definition) is 4. The van der Waals surface area contributed by atoms with Crippen molar-refractivity contribution in [1.82, 2.24) is 19.7 Å². The van der Waals surface area contributed by atoms with Crippen molar-refractivity contribution in [3.63, 3.8) is 0 Å². The van der Waals surface area contributed by atoms with Gasteiger partial charge in [-0.2, -0.15) is 5.10 Å². The number of nitrogens with zero attached hydrogens (tertiary/aromatic N) is 4. The molecule has 0 saturated heterocycles. The summed E-state index contributed by atoms with van der Waals surface area (Å²) in [5.41, 5.74) is 5.72. The lowest BCUT2D eigenvalue weighted by Gasteiger charge is -2.29. The average Bonchev–Trinajstić information content (AvgIpc) is 2.79. The SMILES string of the molecule is CCCn1ncnc1CN(CCN)C(CC)CC. The van der Waals surface area contributed by atoms with Gasteiger partial charge in [-0.05, 0) is 19.3 Å². The molecule has 1 aromatic rings. The lowest BCUT2D eigenvalue weighted by molar-refractivity contribution is 0.174. The van der Waals surface area contributed by atoms with Crippen molar-refractivity contribution in [2.24, 2.45) is 5.73 Å². The minimum Gasteiger partial charge on any atom is -0.329 e. The Bertz CT molecular complexity index is 319. The Morgan fingerprint density at radius 1 is 1.33 bits per heavy atom. The van der Waals surface area contributed by atoms with Gasteiger partial charge in [0.25, 0.3) is 0 Å². The highest BCUT2D eigenvalue weighted by atomic mass is 15.3. The van der Waals surface area contributed by atoms with Crippen LogP contribution in [0.4, 0.5) is 0 Å². The molecule has 1 rings (SSSR count). The van der Waals surface area contributed by atoms with Crippen molar-refractivity contribution < 1.29 is 0 Å². The Balaban J connectivity index is 2.72. The molecule has 2 N–H and O–H groups in total. The van der Waals surface area contributed by atoms with Gasteiger partial charge in [0.2, 0.25) is 0 Å². The Labute approximate surface area is 110 Å². The van der Waals surface area contributed by atoms with Crippen LogP contribution in [0.25, 0.3) is 0 Å². The van der Waals surface area contributed by atoms with Crippen LogP contribution in [0.5, 0.6) is 0 Å². The first kappa shape index (κ1) is 15.1. The highest BCUT2D eigenvalue weighted by Gasteiger charge is 2.17. The molecule has 5 nitrogen and oxygen atoms in total. The van der Waals surface area contributed by atoms with E-state index in [0.717, 1.165) is 44.7 Å². The van der Waals surface area contributed by atoms with Crippen LogP contribution in [-0.2, 0) is 13.1 Å². The zero-order valence-corrected chi connectivity index (χ0v) is 12.0. The summed E-state index contributed by atoms with van der Waals surface area (Å²) in [6, 6.07) is 0.584. The normalized spacial score (nSPS) is 11.7. The summed E-state index contributed by atoms with van der Waals surface area (Å²) < 4.78 is 2.01. The fraction of sp³-hybridized carbons (Fsp3) is 0.846. The van der Waals surface area contributed by atoms with Gasteiger partial charge in [0.05, 0.1) is 6.54 Å². The van der Waals surface area contributed by atoms with Crippen LogP contribution in [0.15, 0.2) is 6.33 Å². The Morgan fingerprint density at radius 2 is 2.06 bits per heavy atom. The van der Waals surface area contributed by atoms with Crippen molar-refractivity contribution in [1.29, 1.82) is 0 Å². The second-order valence-electron chi connectivity index (χ2n) is 4.63. The summed E-state index contributed by atoms with van der Waals surface area (Å²) in [7, 11) is 0. The van der Waals surface area contributed by atoms with Crippen LogP contribution >= 0.6 is 0 Å². The summed E-state index contributed by atoms with van der Waals surface area (Å²) in [6.07, 6.45) is 5.04. The van der Waals surface area contributed by atoms with Crippen LogP contribution in [0.2, 0.25) is 0 Å². The minimum atomic E-state index is 0.584. The van der Waals surface area contributed by atoms with Crippen LogP contribution in [0, 0.1) is 0 Å². The molecule has 0 aromatic carbocycles. The van der Waals surface area contributed by atoms with Crippen molar-refractivity contribution in [3.8, 4) is 0 Å². The molecule has 5 heteroatoms.